The molecule has 5 heteroatoms. The summed E-state index contributed by atoms with van der Waals surface area (Å²) in [4.78, 5) is 12.4. The summed E-state index contributed by atoms with van der Waals surface area (Å²) < 4.78 is 5.21. The van der Waals surface area contributed by atoms with Crippen molar-refractivity contribution in [1.29, 1.82) is 0 Å². The summed E-state index contributed by atoms with van der Waals surface area (Å²) >= 11 is 0. The number of carbonyl (C=O) groups is 1. The molecule has 3 rings (SSSR count). The van der Waals surface area contributed by atoms with Crippen molar-refractivity contribution in [3.05, 3.63) is 42.2 Å². The van der Waals surface area contributed by atoms with Crippen LogP contribution in [-0.2, 0) is 0 Å². The molecule has 1 aromatic heterocycles. The number of hydrogen-bond acceptors (Lipinski definition) is 4. The van der Waals surface area contributed by atoms with Crippen molar-refractivity contribution < 1.29 is 9.32 Å². The van der Waals surface area contributed by atoms with E-state index in [0.29, 0.717) is 18.2 Å². The van der Waals surface area contributed by atoms with Gasteiger partial charge in [-0.15, -0.1) is 0 Å². The molecule has 1 amide bonds. The van der Waals surface area contributed by atoms with Gasteiger partial charge in [-0.05, 0) is 18.8 Å². The largest absolute Gasteiger partial charge is 0.350 e. The smallest absolute Gasteiger partial charge is 0.290 e. The number of nitrogens with one attached hydrogen (secondary N) is 1. The van der Waals surface area contributed by atoms with Crippen LogP contribution in [0, 0.1) is 5.92 Å². The van der Waals surface area contributed by atoms with Crippen LogP contribution in [0.3, 0.4) is 0 Å². The van der Waals surface area contributed by atoms with Gasteiger partial charge in [-0.2, -0.15) is 0 Å². The first-order valence-corrected chi connectivity index (χ1v) is 8.31. The zero-order valence-electron chi connectivity index (χ0n) is 13.2. The van der Waals surface area contributed by atoms with E-state index in [0.717, 1.165) is 18.4 Å². The summed E-state index contributed by atoms with van der Waals surface area (Å²) in [7, 11) is 0. The molecule has 0 radical (unpaired) electrons. The lowest BCUT2D eigenvalue weighted by molar-refractivity contribution is 0.0878. The molecule has 1 atom stereocenters. The van der Waals surface area contributed by atoms with Crippen LogP contribution < -0.4 is 11.1 Å². The van der Waals surface area contributed by atoms with E-state index in [2.05, 4.69) is 10.5 Å². The number of nitrogens with zero attached hydrogens (tertiary/aromatic N) is 1. The fourth-order valence-electron chi connectivity index (χ4n) is 3.27. The molecule has 3 N–H and O–H groups in total. The molecule has 1 aromatic carbocycles. The summed E-state index contributed by atoms with van der Waals surface area (Å²) in [5.74, 6) is 0.466. The zero-order chi connectivity index (χ0) is 16.1. The van der Waals surface area contributed by atoms with E-state index in [-0.39, 0.29) is 17.7 Å². The summed E-state index contributed by atoms with van der Waals surface area (Å²) in [6.07, 6.45) is 5.99. The monoisotopic (exact) mass is 313 g/mol. The van der Waals surface area contributed by atoms with Gasteiger partial charge in [-0.3, -0.25) is 4.79 Å². The second kappa shape index (κ2) is 7.42. The van der Waals surface area contributed by atoms with E-state index in [1.165, 1.54) is 19.3 Å². The number of amides is 1. The van der Waals surface area contributed by atoms with E-state index < -0.39 is 0 Å². The quantitative estimate of drug-likeness (QED) is 0.889. The highest BCUT2D eigenvalue weighted by Crippen LogP contribution is 2.26. The van der Waals surface area contributed by atoms with E-state index in [9.17, 15) is 4.79 Å². The van der Waals surface area contributed by atoms with Gasteiger partial charge in [0.2, 0.25) is 5.76 Å². The van der Waals surface area contributed by atoms with Gasteiger partial charge in [0.1, 0.15) is 5.69 Å². The molecule has 1 fully saturated rings. The maximum absolute atomic E-state index is 12.4. The van der Waals surface area contributed by atoms with Gasteiger partial charge in [-0.25, -0.2) is 0 Å². The summed E-state index contributed by atoms with van der Waals surface area (Å²) in [6, 6.07) is 11.4. The standard InChI is InChI=1S/C18H23N3O2/c19-12-16(14-9-5-2-6-10-14)20-18(22)17-11-15(21-23-17)13-7-3-1-4-8-13/h1,3-4,7-8,11,14,16H,2,5-6,9-10,12,19H2,(H,20,22). The van der Waals surface area contributed by atoms with Gasteiger partial charge in [0.25, 0.3) is 5.91 Å². The lowest BCUT2D eigenvalue weighted by Gasteiger charge is -2.29. The van der Waals surface area contributed by atoms with Crippen molar-refractivity contribution in [2.45, 2.75) is 38.1 Å². The molecule has 23 heavy (non-hydrogen) atoms. The normalized spacial score (nSPS) is 16.9. The first-order valence-electron chi connectivity index (χ1n) is 8.31. The molecule has 0 bridgehead atoms. The first-order chi connectivity index (χ1) is 11.3. The lowest BCUT2D eigenvalue weighted by Crippen LogP contribution is -2.45. The predicted octanol–water partition coefficient (Wildman–Crippen LogP) is 2.98. The van der Waals surface area contributed by atoms with Gasteiger partial charge >= 0.3 is 0 Å². The molecule has 1 heterocycles. The van der Waals surface area contributed by atoms with Crippen LogP contribution in [0.15, 0.2) is 40.9 Å². The Hall–Kier alpha value is -2.14. The maximum atomic E-state index is 12.4. The minimum Gasteiger partial charge on any atom is -0.350 e. The third kappa shape index (κ3) is 3.79. The van der Waals surface area contributed by atoms with Crippen LogP contribution in [0.25, 0.3) is 11.3 Å². The number of carbonyl (C=O) groups excluding carboxylic acids is 1. The van der Waals surface area contributed by atoms with Crippen LogP contribution >= 0.6 is 0 Å². The molecule has 0 aliphatic heterocycles. The van der Waals surface area contributed by atoms with Crippen LogP contribution in [0.5, 0.6) is 0 Å². The summed E-state index contributed by atoms with van der Waals surface area (Å²) in [5, 5.41) is 7.01. The fraction of sp³-hybridized carbons (Fsp3) is 0.444. The Balaban J connectivity index is 1.67. The van der Waals surface area contributed by atoms with E-state index in [1.807, 2.05) is 30.3 Å². The fourth-order valence-corrected chi connectivity index (χ4v) is 3.27. The number of rotatable bonds is 5. The van der Waals surface area contributed by atoms with Gasteiger partial charge < -0.3 is 15.6 Å². The third-order valence-electron chi connectivity index (χ3n) is 4.59. The van der Waals surface area contributed by atoms with Gasteiger partial charge in [0.05, 0.1) is 0 Å². The van der Waals surface area contributed by atoms with Crippen molar-refractivity contribution in [3.8, 4) is 11.3 Å². The Bertz CT molecular complexity index is 633. The van der Waals surface area contributed by atoms with Crippen molar-refractivity contribution >= 4 is 5.91 Å². The van der Waals surface area contributed by atoms with Crippen molar-refractivity contribution in [1.82, 2.24) is 10.5 Å². The third-order valence-corrected chi connectivity index (χ3v) is 4.59. The van der Waals surface area contributed by atoms with Crippen molar-refractivity contribution in [3.63, 3.8) is 0 Å². The van der Waals surface area contributed by atoms with Crippen LogP contribution in [0.4, 0.5) is 0 Å². The summed E-state index contributed by atoms with van der Waals surface area (Å²) in [6.45, 7) is 0.454. The number of nitrogens with two attached hydrogens (primary N) is 1. The van der Waals surface area contributed by atoms with Crippen LogP contribution in [0.2, 0.25) is 0 Å². The number of hydrogen-bond donors (Lipinski definition) is 2. The maximum Gasteiger partial charge on any atom is 0.290 e. The van der Waals surface area contributed by atoms with E-state index in [4.69, 9.17) is 10.3 Å². The molecule has 2 aromatic rings. The van der Waals surface area contributed by atoms with Crippen molar-refractivity contribution in [2.24, 2.45) is 11.7 Å². The lowest BCUT2D eigenvalue weighted by atomic mass is 9.84. The molecule has 1 saturated carbocycles. The highest BCUT2D eigenvalue weighted by atomic mass is 16.5. The molecular weight excluding hydrogens is 290 g/mol. The minimum atomic E-state index is -0.235. The van der Waals surface area contributed by atoms with E-state index >= 15 is 0 Å². The Labute approximate surface area is 136 Å². The molecule has 1 aliphatic carbocycles. The Morgan fingerprint density at radius 3 is 2.70 bits per heavy atom. The average molecular weight is 313 g/mol. The second-order valence-corrected chi connectivity index (χ2v) is 6.16. The Morgan fingerprint density at radius 2 is 2.00 bits per heavy atom. The Kier molecular flexibility index (Phi) is 5.08. The molecule has 0 saturated heterocycles. The minimum absolute atomic E-state index is 0.00748. The molecule has 122 valence electrons. The van der Waals surface area contributed by atoms with E-state index in [1.54, 1.807) is 6.07 Å². The van der Waals surface area contributed by atoms with Gasteiger partial charge in [0.15, 0.2) is 0 Å². The molecular formula is C18H23N3O2. The average Bonchev–Trinajstić information content (AvgIpc) is 3.11. The molecule has 0 spiro atoms. The molecule has 1 unspecified atom stereocenters. The Morgan fingerprint density at radius 1 is 1.26 bits per heavy atom. The van der Waals surface area contributed by atoms with Gasteiger partial charge in [-0.1, -0.05) is 54.8 Å². The number of aromatic nitrogens is 1. The SMILES string of the molecule is NCC(NC(=O)c1cc(-c2ccccc2)no1)C1CCCCC1. The van der Waals surface area contributed by atoms with Crippen molar-refractivity contribution in [2.75, 3.05) is 6.54 Å². The topological polar surface area (TPSA) is 81.1 Å². The molecule has 5 nitrogen and oxygen atoms in total. The highest BCUT2D eigenvalue weighted by Gasteiger charge is 2.25. The van der Waals surface area contributed by atoms with Crippen LogP contribution in [0.1, 0.15) is 42.7 Å². The highest BCUT2D eigenvalue weighted by molar-refractivity contribution is 5.92. The van der Waals surface area contributed by atoms with Gasteiger partial charge in [0, 0.05) is 24.2 Å². The first kappa shape index (κ1) is 15.7. The number of benzene rings is 1. The summed E-state index contributed by atoms with van der Waals surface area (Å²) in [5.41, 5.74) is 7.46. The zero-order valence-corrected chi connectivity index (χ0v) is 13.2. The predicted molar refractivity (Wildman–Crippen MR) is 88.8 cm³/mol. The second-order valence-electron chi connectivity index (χ2n) is 6.16. The van der Waals surface area contributed by atoms with Crippen LogP contribution in [-0.4, -0.2) is 23.7 Å². The molecule has 1 aliphatic rings.